The van der Waals surface area contributed by atoms with E-state index >= 15 is 0 Å². The number of ether oxygens (including phenoxy) is 2. The minimum Gasteiger partial charge on any atom is -0.343 e. The van der Waals surface area contributed by atoms with Gasteiger partial charge in [-0.2, -0.15) is 5.10 Å². The number of nitrogens with zero attached hydrogens (tertiary/aromatic N) is 4. The highest BCUT2D eigenvalue weighted by Gasteiger charge is 2.45. The van der Waals surface area contributed by atoms with Gasteiger partial charge in [-0.05, 0) is 17.8 Å². The molecule has 1 amide bonds. The average molecular weight is 414 g/mol. The number of rotatable bonds is 4. The van der Waals surface area contributed by atoms with Crippen molar-refractivity contribution >= 4 is 23.9 Å². The molecule has 0 spiro atoms. The number of amides is 1. The molecule has 0 aliphatic carbocycles. The summed E-state index contributed by atoms with van der Waals surface area (Å²) < 4.78 is 15.0. The van der Waals surface area contributed by atoms with Gasteiger partial charge in [-0.3, -0.25) is 9.59 Å². The lowest BCUT2D eigenvalue weighted by atomic mass is 9.99. The molecule has 2 aromatic rings. The molecule has 1 aromatic carbocycles. The number of hydrogen-bond acceptors (Lipinski definition) is 6. The highest BCUT2D eigenvalue weighted by molar-refractivity contribution is 7.71. The van der Waals surface area contributed by atoms with E-state index < -0.39 is 6.29 Å². The third kappa shape index (κ3) is 3.23. The molecule has 1 aromatic heterocycles. The third-order valence-electron chi connectivity index (χ3n) is 6.04. The SMILES string of the molecule is Cn1c(CN2C[C@@H](c3ccccc3)CC2=O)nn([C@@H]2CC(=O)[C@H]3OC[C@@H]2O3)c1=S. The highest BCUT2D eigenvalue weighted by atomic mass is 32.1. The molecule has 4 heterocycles. The van der Waals surface area contributed by atoms with Crippen molar-refractivity contribution in [1.29, 1.82) is 0 Å². The Hall–Kier alpha value is -2.36. The summed E-state index contributed by atoms with van der Waals surface area (Å²) in [6.07, 6.45) is -0.187. The Morgan fingerprint density at radius 3 is 2.79 bits per heavy atom. The zero-order valence-corrected chi connectivity index (χ0v) is 16.9. The normalized spacial score (nSPS) is 29.1. The van der Waals surface area contributed by atoms with Crippen LogP contribution in [0, 0.1) is 4.77 Å². The molecule has 3 aliphatic heterocycles. The molecule has 0 unspecified atom stereocenters. The van der Waals surface area contributed by atoms with Crippen molar-refractivity contribution in [2.75, 3.05) is 13.2 Å². The van der Waals surface area contributed by atoms with Crippen LogP contribution in [0.3, 0.4) is 0 Å². The average Bonchev–Trinajstić information content (AvgIpc) is 3.40. The van der Waals surface area contributed by atoms with E-state index in [2.05, 4.69) is 17.2 Å². The van der Waals surface area contributed by atoms with Gasteiger partial charge in [0.2, 0.25) is 12.2 Å². The van der Waals surface area contributed by atoms with Crippen LogP contribution >= 0.6 is 12.2 Å². The molecular formula is C20H22N4O4S. The summed E-state index contributed by atoms with van der Waals surface area (Å²) in [6, 6.07) is 9.83. The summed E-state index contributed by atoms with van der Waals surface area (Å²) in [5.41, 5.74) is 1.18. The number of carbonyl (C=O) groups excluding carboxylic acids is 2. The lowest BCUT2D eigenvalue weighted by Crippen LogP contribution is -2.37. The van der Waals surface area contributed by atoms with E-state index in [1.165, 1.54) is 5.56 Å². The Kier molecular flexibility index (Phi) is 4.60. The van der Waals surface area contributed by atoms with Crippen molar-refractivity contribution in [3.05, 3.63) is 46.5 Å². The molecule has 2 bridgehead atoms. The molecule has 0 N–H and O–H groups in total. The van der Waals surface area contributed by atoms with Crippen LogP contribution in [0.25, 0.3) is 0 Å². The number of fused-ring (bicyclic) bond motifs is 2. The lowest BCUT2D eigenvalue weighted by Gasteiger charge is -2.26. The van der Waals surface area contributed by atoms with Crippen LogP contribution in [0.2, 0.25) is 0 Å². The van der Waals surface area contributed by atoms with Crippen LogP contribution in [-0.4, -0.2) is 56.5 Å². The van der Waals surface area contributed by atoms with Gasteiger partial charge in [0, 0.05) is 32.4 Å². The Balaban J connectivity index is 1.36. The van der Waals surface area contributed by atoms with Crippen LogP contribution in [0.1, 0.15) is 36.2 Å². The number of benzene rings is 1. The monoisotopic (exact) mass is 414 g/mol. The second kappa shape index (κ2) is 7.16. The second-order valence-corrected chi connectivity index (χ2v) is 8.23. The van der Waals surface area contributed by atoms with Gasteiger partial charge in [0.25, 0.3) is 0 Å². The molecule has 3 fully saturated rings. The van der Waals surface area contributed by atoms with E-state index in [1.54, 1.807) is 4.68 Å². The predicted molar refractivity (Wildman–Crippen MR) is 105 cm³/mol. The van der Waals surface area contributed by atoms with Crippen molar-refractivity contribution in [3.63, 3.8) is 0 Å². The summed E-state index contributed by atoms with van der Waals surface area (Å²) in [5, 5.41) is 4.67. The number of hydrogen-bond donors (Lipinski definition) is 0. The van der Waals surface area contributed by atoms with Crippen LogP contribution < -0.4 is 0 Å². The standard InChI is InChI=1S/C20H22N4O4S/c1-22-17(10-23-9-13(7-18(23)26)12-5-3-2-4-6-12)21-24(20(22)29)14-8-15(25)19-27-11-16(14)28-19/h2-6,13-14,16,19H,7-11H2,1H3/t13-,14+,16-,19-/m0/s1. The number of aromatic nitrogens is 3. The van der Waals surface area contributed by atoms with Crippen LogP contribution in [0.15, 0.2) is 30.3 Å². The first-order valence-electron chi connectivity index (χ1n) is 9.78. The van der Waals surface area contributed by atoms with Crippen molar-refractivity contribution in [2.45, 2.75) is 43.7 Å². The molecule has 5 rings (SSSR count). The van der Waals surface area contributed by atoms with Crippen molar-refractivity contribution in [2.24, 2.45) is 7.05 Å². The zero-order chi connectivity index (χ0) is 20.1. The summed E-state index contributed by atoms with van der Waals surface area (Å²) in [7, 11) is 1.84. The van der Waals surface area contributed by atoms with Gasteiger partial charge in [0.05, 0.1) is 19.2 Å². The number of carbonyl (C=O) groups is 2. The van der Waals surface area contributed by atoms with Gasteiger partial charge in [-0.25, -0.2) is 4.68 Å². The molecule has 152 valence electrons. The number of ketones is 1. The first-order chi connectivity index (χ1) is 14.0. The van der Waals surface area contributed by atoms with Gasteiger partial charge in [0.1, 0.15) is 6.10 Å². The van der Waals surface area contributed by atoms with Gasteiger partial charge < -0.3 is 18.9 Å². The largest absolute Gasteiger partial charge is 0.343 e. The van der Waals surface area contributed by atoms with Crippen molar-refractivity contribution in [1.82, 2.24) is 19.2 Å². The van der Waals surface area contributed by atoms with Gasteiger partial charge >= 0.3 is 0 Å². The fourth-order valence-corrected chi connectivity index (χ4v) is 4.65. The molecule has 0 radical (unpaired) electrons. The van der Waals surface area contributed by atoms with E-state index in [0.29, 0.717) is 43.1 Å². The summed E-state index contributed by atoms with van der Waals surface area (Å²) in [4.78, 5) is 26.6. The van der Waals surface area contributed by atoms with E-state index in [-0.39, 0.29) is 29.8 Å². The fraction of sp³-hybridized carbons (Fsp3) is 0.500. The third-order valence-corrected chi connectivity index (χ3v) is 6.50. The van der Waals surface area contributed by atoms with Crippen LogP contribution in [0.4, 0.5) is 0 Å². The minimum atomic E-state index is -0.745. The summed E-state index contributed by atoms with van der Waals surface area (Å²) in [6.45, 7) is 1.41. The summed E-state index contributed by atoms with van der Waals surface area (Å²) >= 11 is 5.57. The van der Waals surface area contributed by atoms with Crippen LogP contribution in [-0.2, 0) is 32.7 Å². The molecular weight excluding hydrogens is 392 g/mol. The maximum absolute atomic E-state index is 12.6. The molecule has 9 heteroatoms. The van der Waals surface area contributed by atoms with Gasteiger partial charge in [-0.15, -0.1) is 0 Å². The predicted octanol–water partition coefficient (Wildman–Crippen LogP) is 1.72. The highest BCUT2D eigenvalue weighted by Crippen LogP contribution is 2.33. The molecule has 29 heavy (non-hydrogen) atoms. The van der Waals surface area contributed by atoms with Crippen LogP contribution in [0.5, 0.6) is 0 Å². The molecule has 4 atom stereocenters. The lowest BCUT2D eigenvalue weighted by molar-refractivity contribution is -0.156. The molecule has 0 saturated carbocycles. The van der Waals surface area contributed by atoms with E-state index in [0.717, 1.165) is 0 Å². The zero-order valence-electron chi connectivity index (χ0n) is 16.1. The molecule has 8 nitrogen and oxygen atoms in total. The number of Topliss-reactive ketones (excluding diaryl/α,β-unsaturated/α-hetero) is 1. The fourth-order valence-electron chi connectivity index (χ4n) is 4.36. The first-order valence-corrected chi connectivity index (χ1v) is 10.2. The summed E-state index contributed by atoms with van der Waals surface area (Å²) in [5.74, 6) is 0.919. The number of likely N-dealkylation sites (tertiary alicyclic amines) is 1. The van der Waals surface area contributed by atoms with Gasteiger partial charge in [0.15, 0.2) is 16.4 Å². The van der Waals surface area contributed by atoms with E-state index in [1.807, 2.05) is 34.7 Å². The Bertz CT molecular complexity index is 1020. The Labute approximate surface area is 173 Å². The molecule has 3 aliphatic rings. The minimum absolute atomic E-state index is 0.0849. The Morgan fingerprint density at radius 2 is 2.00 bits per heavy atom. The van der Waals surface area contributed by atoms with E-state index in [4.69, 9.17) is 21.7 Å². The Morgan fingerprint density at radius 1 is 1.21 bits per heavy atom. The second-order valence-electron chi connectivity index (χ2n) is 7.87. The maximum atomic E-state index is 12.6. The smallest absolute Gasteiger partial charge is 0.223 e. The van der Waals surface area contributed by atoms with Crippen molar-refractivity contribution < 1.29 is 19.1 Å². The first kappa shape index (κ1) is 18.7. The van der Waals surface area contributed by atoms with Gasteiger partial charge in [-0.1, -0.05) is 30.3 Å². The van der Waals surface area contributed by atoms with E-state index in [9.17, 15) is 9.59 Å². The quantitative estimate of drug-likeness (QED) is 0.709. The van der Waals surface area contributed by atoms with Crippen molar-refractivity contribution in [3.8, 4) is 0 Å². The maximum Gasteiger partial charge on any atom is 0.223 e. The topological polar surface area (TPSA) is 78.6 Å². The molecule has 3 saturated heterocycles.